The molecular weight excluding hydrogens is 400 g/mol. The van der Waals surface area contributed by atoms with Gasteiger partial charge in [-0.05, 0) is 18.9 Å². The number of carbonyl (C=O) groups is 2. The second-order valence-electron chi connectivity index (χ2n) is 7.12. The van der Waals surface area contributed by atoms with Gasteiger partial charge in [-0.15, -0.1) is 0 Å². The van der Waals surface area contributed by atoms with E-state index in [-0.39, 0.29) is 28.9 Å². The summed E-state index contributed by atoms with van der Waals surface area (Å²) < 4.78 is 34.6. The van der Waals surface area contributed by atoms with E-state index in [0.717, 1.165) is 18.4 Å². The standard InChI is InChI=1S/C21H24N6O4/c1-22-21(29)14-10-23-17(26-20(28)12-4-5-12)8-16(14)25-15-6-7-27-18(19(15)31-3)13(9-24-27)11-30-2/h6-10,12H,4-5,11H2,1-3H3,(H,22,29)(H2,23,25,26,28)/i1D3. The molecule has 0 saturated heterocycles. The molecule has 1 aliphatic rings. The molecular formula is C21H24N6O4. The molecule has 1 fully saturated rings. The molecule has 0 aliphatic heterocycles. The van der Waals surface area contributed by atoms with E-state index in [4.69, 9.17) is 13.6 Å². The van der Waals surface area contributed by atoms with E-state index in [1.165, 1.54) is 19.4 Å². The van der Waals surface area contributed by atoms with Crippen molar-refractivity contribution in [1.29, 1.82) is 0 Å². The van der Waals surface area contributed by atoms with Crippen LogP contribution in [0.5, 0.6) is 5.75 Å². The Labute approximate surface area is 183 Å². The minimum absolute atomic E-state index is 0.0203. The smallest absolute Gasteiger partial charge is 0.254 e. The number of nitrogens with one attached hydrogen (secondary N) is 3. The van der Waals surface area contributed by atoms with Gasteiger partial charge in [0.15, 0.2) is 5.75 Å². The molecule has 0 aromatic carbocycles. The van der Waals surface area contributed by atoms with E-state index in [2.05, 4.69) is 20.7 Å². The monoisotopic (exact) mass is 427 g/mol. The van der Waals surface area contributed by atoms with E-state index in [1.54, 1.807) is 30.1 Å². The van der Waals surface area contributed by atoms with Crippen molar-refractivity contribution in [3.8, 4) is 5.75 Å². The molecule has 0 bridgehead atoms. The van der Waals surface area contributed by atoms with Crippen LogP contribution in [-0.4, -0.2) is 47.6 Å². The Morgan fingerprint density at radius 3 is 2.84 bits per heavy atom. The van der Waals surface area contributed by atoms with Gasteiger partial charge in [0.1, 0.15) is 11.3 Å². The molecule has 0 spiro atoms. The third kappa shape index (κ3) is 4.15. The number of amides is 2. The maximum atomic E-state index is 12.7. The summed E-state index contributed by atoms with van der Waals surface area (Å²) in [6.45, 7) is -2.38. The van der Waals surface area contributed by atoms with Gasteiger partial charge in [-0.25, -0.2) is 9.50 Å². The number of carbonyl (C=O) groups excluding carboxylic acids is 2. The first-order valence-corrected chi connectivity index (χ1v) is 9.62. The van der Waals surface area contributed by atoms with Crippen LogP contribution in [0.25, 0.3) is 5.52 Å². The molecule has 0 atom stereocenters. The van der Waals surface area contributed by atoms with Gasteiger partial charge >= 0.3 is 0 Å². The van der Waals surface area contributed by atoms with Crippen molar-refractivity contribution >= 4 is 34.5 Å². The predicted molar refractivity (Wildman–Crippen MR) is 115 cm³/mol. The first-order chi connectivity index (χ1) is 16.2. The summed E-state index contributed by atoms with van der Waals surface area (Å²) in [5, 5.41) is 12.1. The highest BCUT2D eigenvalue weighted by Gasteiger charge is 2.30. The number of rotatable bonds is 8. The zero-order chi connectivity index (χ0) is 24.5. The Bertz CT molecular complexity index is 1240. The molecule has 3 heterocycles. The van der Waals surface area contributed by atoms with Crippen LogP contribution in [0.2, 0.25) is 0 Å². The normalized spacial score (nSPS) is 15.0. The second-order valence-corrected chi connectivity index (χ2v) is 7.12. The number of fused-ring (bicyclic) bond motifs is 1. The molecule has 1 saturated carbocycles. The van der Waals surface area contributed by atoms with Gasteiger partial charge in [0.25, 0.3) is 5.91 Å². The van der Waals surface area contributed by atoms with E-state index in [0.29, 0.717) is 23.6 Å². The number of hydrogen-bond donors (Lipinski definition) is 3. The summed E-state index contributed by atoms with van der Waals surface area (Å²) >= 11 is 0. The number of ether oxygens (including phenoxy) is 2. The van der Waals surface area contributed by atoms with Gasteiger partial charge in [-0.1, -0.05) is 0 Å². The minimum atomic E-state index is -2.68. The predicted octanol–water partition coefficient (Wildman–Crippen LogP) is 2.34. The lowest BCUT2D eigenvalue weighted by atomic mass is 10.2. The lowest BCUT2D eigenvalue weighted by Gasteiger charge is -2.16. The van der Waals surface area contributed by atoms with Crippen LogP contribution < -0.4 is 20.7 Å². The Morgan fingerprint density at radius 2 is 2.13 bits per heavy atom. The molecule has 2 amide bonds. The molecule has 10 heteroatoms. The van der Waals surface area contributed by atoms with Crippen LogP contribution in [0.4, 0.5) is 17.2 Å². The maximum absolute atomic E-state index is 12.7. The molecule has 3 N–H and O–H groups in total. The van der Waals surface area contributed by atoms with Crippen LogP contribution in [0, 0.1) is 5.92 Å². The Hall–Kier alpha value is -3.66. The van der Waals surface area contributed by atoms with Crippen LogP contribution in [0.1, 0.15) is 32.9 Å². The van der Waals surface area contributed by atoms with Crippen molar-refractivity contribution in [2.45, 2.75) is 19.4 Å². The second kappa shape index (κ2) is 8.60. The summed E-state index contributed by atoms with van der Waals surface area (Å²) in [6, 6.07) is 3.18. The highest BCUT2D eigenvalue weighted by Crippen LogP contribution is 2.35. The lowest BCUT2D eigenvalue weighted by molar-refractivity contribution is -0.117. The fraction of sp³-hybridized carbons (Fsp3) is 0.333. The average Bonchev–Trinajstić information content (AvgIpc) is 3.55. The molecule has 4 rings (SSSR count). The number of nitrogens with zero attached hydrogens (tertiary/aromatic N) is 3. The van der Waals surface area contributed by atoms with Gasteiger partial charge in [0, 0.05) is 48.1 Å². The fourth-order valence-electron chi connectivity index (χ4n) is 3.27. The number of anilines is 3. The van der Waals surface area contributed by atoms with Crippen molar-refractivity contribution in [3.63, 3.8) is 0 Å². The van der Waals surface area contributed by atoms with Crippen LogP contribution in [-0.2, 0) is 16.1 Å². The Morgan fingerprint density at radius 1 is 1.29 bits per heavy atom. The largest absolute Gasteiger partial charge is 0.492 e. The molecule has 0 radical (unpaired) electrons. The van der Waals surface area contributed by atoms with Crippen molar-refractivity contribution in [2.24, 2.45) is 5.92 Å². The molecule has 3 aromatic heterocycles. The number of aromatic nitrogens is 3. The van der Waals surface area contributed by atoms with Gasteiger partial charge in [-0.2, -0.15) is 5.10 Å². The van der Waals surface area contributed by atoms with E-state index in [9.17, 15) is 9.59 Å². The zero-order valence-electron chi connectivity index (χ0n) is 20.1. The summed E-state index contributed by atoms with van der Waals surface area (Å²) in [6.07, 6.45) is 6.23. The molecule has 3 aromatic rings. The van der Waals surface area contributed by atoms with Crippen LogP contribution in [0.3, 0.4) is 0 Å². The van der Waals surface area contributed by atoms with Gasteiger partial charge in [0.2, 0.25) is 5.91 Å². The van der Waals surface area contributed by atoms with Crippen molar-refractivity contribution in [3.05, 3.63) is 41.9 Å². The van der Waals surface area contributed by atoms with Crippen LogP contribution >= 0.6 is 0 Å². The number of hydrogen-bond acceptors (Lipinski definition) is 7. The third-order valence-corrected chi connectivity index (χ3v) is 4.95. The Balaban J connectivity index is 1.75. The quantitative estimate of drug-likeness (QED) is 0.505. The first-order valence-electron chi connectivity index (χ1n) is 11.1. The number of pyridine rings is 2. The van der Waals surface area contributed by atoms with E-state index < -0.39 is 12.9 Å². The summed E-state index contributed by atoms with van der Waals surface area (Å²) in [7, 11) is 3.07. The summed E-state index contributed by atoms with van der Waals surface area (Å²) in [5.74, 6) is -0.371. The molecule has 10 nitrogen and oxygen atoms in total. The highest BCUT2D eigenvalue weighted by molar-refractivity contribution is 6.01. The molecule has 1 aliphatic carbocycles. The fourth-order valence-corrected chi connectivity index (χ4v) is 3.27. The molecule has 162 valence electrons. The van der Waals surface area contributed by atoms with Gasteiger partial charge in [0.05, 0.1) is 36.9 Å². The van der Waals surface area contributed by atoms with Crippen molar-refractivity contribution < 1.29 is 23.2 Å². The number of methoxy groups -OCH3 is 2. The highest BCUT2D eigenvalue weighted by atomic mass is 16.5. The Kier molecular flexibility index (Phi) is 4.74. The average molecular weight is 427 g/mol. The molecule has 0 unspecified atom stereocenters. The zero-order valence-corrected chi connectivity index (χ0v) is 17.1. The SMILES string of the molecule is [2H]C([2H])([2H])NC(=O)c1cnc(NC(=O)C2CC2)cc1Nc1ccn2ncc(COC)c2c1OC. The van der Waals surface area contributed by atoms with Gasteiger partial charge in [-0.3, -0.25) is 9.59 Å². The van der Waals surface area contributed by atoms with Gasteiger partial charge < -0.3 is 25.4 Å². The maximum Gasteiger partial charge on any atom is 0.254 e. The van der Waals surface area contributed by atoms with E-state index in [1.807, 2.05) is 5.32 Å². The third-order valence-electron chi connectivity index (χ3n) is 4.95. The minimum Gasteiger partial charge on any atom is -0.492 e. The summed E-state index contributed by atoms with van der Waals surface area (Å²) in [5.41, 5.74) is 2.16. The van der Waals surface area contributed by atoms with Crippen molar-refractivity contribution in [1.82, 2.24) is 19.9 Å². The lowest BCUT2D eigenvalue weighted by Crippen LogP contribution is -2.20. The van der Waals surface area contributed by atoms with E-state index >= 15 is 0 Å². The van der Waals surface area contributed by atoms with Crippen molar-refractivity contribution in [2.75, 3.05) is 31.8 Å². The summed E-state index contributed by atoms with van der Waals surface area (Å²) in [4.78, 5) is 29.0. The first kappa shape index (κ1) is 17.1. The topological polar surface area (TPSA) is 119 Å². The molecule has 31 heavy (non-hydrogen) atoms. The van der Waals surface area contributed by atoms with Crippen LogP contribution in [0.15, 0.2) is 30.7 Å².